The Balaban J connectivity index is 0. The first-order valence-corrected chi connectivity index (χ1v) is 7.97. The Morgan fingerprint density at radius 2 is 1.73 bits per heavy atom. The van der Waals surface area contributed by atoms with Gasteiger partial charge in [0.2, 0.25) is 0 Å². The van der Waals surface area contributed by atoms with Crippen molar-refractivity contribution in [1.82, 2.24) is 4.98 Å². The molecule has 1 aliphatic rings. The monoisotopic (exact) mass is 211 g/mol. The zero-order chi connectivity index (χ0) is 10.1. The molecule has 4 heteroatoms. The third kappa shape index (κ3) is 6.22. The van der Waals surface area contributed by atoms with Gasteiger partial charge in [0.05, 0.1) is 0 Å². The maximum absolute atomic E-state index is 3.77. The molecule has 78 valence electrons. The molecule has 0 radical (unpaired) electrons. The minimum absolute atomic E-state index is 0. The number of nitrogens with one attached hydrogen (secondary N) is 1. The van der Waals surface area contributed by atoms with Gasteiger partial charge in [-0.25, -0.2) is 0 Å². The van der Waals surface area contributed by atoms with Gasteiger partial charge in [-0.2, -0.15) is 0 Å². The Morgan fingerprint density at radius 3 is 2.07 bits per heavy atom. The van der Waals surface area contributed by atoms with E-state index in [1.54, 1.807) is 5.20 Å². The second kappa shape index (κ2) is 6.55. The fraction of sp³-hybridized carbons (Fsp3) is 0.636. The Kier molecular flexibility index (Phi) is 7.96. The zero-order valence-corrected chi connectivity index (χ0v) is 10.4. The van der Waals surface area contributed by atoms with Crippen LogP contribution >= 0.6 is 0 Å². The van der Waals surface area contributed by atoms with Crippen molar-refractivity contribution in [2.24, 2.45) is 0 Å². The molecule has 0 amide bonds. The van der Waals surface area contributed by atoms with Crippen LogP contribution in [0.1, 0.15) is 27.2 Å². The molecule has 0 atom stereocenters. The van der Waals surface area contributed by atoms with E-state index in [2.05, 4.69) is 57.1 Å². The van der Waals surface area contributed by atoms with Crippen molar-refractivity contribution in [1.29, 1.82) is 0 Å². The van der Waals surface area contributed by atoms with Crippen LogP contribution in [0.2, 0.25) is 13.1 Å². The van der Waals surface area contributed by atoms with E-state index in [4.69, 9.17) is 0 Å². The van der Waals surface area contributed by atoms with Crippen LogP contribution in [0, 0.1) is 0 Å². The first-order chi connectivity index (χ1) is 5.81. The molecule has 0 aromatic heterocycles. The minimum atomic E-state index is -1.36. The molecule has 0 spiro atoms. The van der Waals surface area contributed by atoms with E-state index < -0.39 is 8.24 Å². The summed E-state index contributed by atoms with van der Waals surface area (Å²) in [4.78, 5) is 3.77. The van der Waals surface area contributed by atoms with E-state index in [0.717, 1.165) is 6.42 Å². The fourth-order valence-corrected chi connectivity index (χ4v) is 5.11. The topological polar surface area (TPSA) is 12.0 Å². The van der Waals surface area contributed by atoms with Crippen molar-refractivity contribution in [2.75, 3.05) is 0 Å². The molecule has 0 aromatic carbocycles. The van der Waals surface area contributed by atoms with Crippen molar-refractivity contribution < 1.29 is 0 Å². The van der Waals surface area contributed by atoms with Crippen molar-refractivity contribution in [3.05, 3.63) is 23.4 Å². The van der Waals surface area contributed by atoms with Crippen LogP contribution in [0.15, 0.2) is 23.4 Å². The summed E-state index contributed by atoms with van der Waals surface area (Å²) in [6.07, 6.45) is 7.86. The van der Waals surface area contributed by atoms with Crippen LogP contribution in [0.3, 0.4) is 0 Å². The molecule has 0 aliphatic heterocycles. The molecular weight excluding hydrogens is 188 g/mol. The van der Waals surface area contributed by atoms with Crippen molar-refractivity contribution in [2.45, 2.75) is 45.8 Å². The molecule has 0 fully saturated rings. The normalized spacial score (nSPS) is 15.4. The van der Waals surface area contributed by atoms with Gasteiger partial charge in [0, 0.05) is 5.54 Å². The fourth-order valence-electron chi connectivity index (χ4n) is 1.93. The molecule has 0 aromatic rings. The summed E-state index contributed by atoms with van der Waals surface area (Å²) < 4.78 is 0. The summed E-state index contributed by atoms with van der Waals surface area (Å²) >= 11 is 0. The molecule has 0 bridgehead atoms. The molecule has 1 nitrogen and oxygen atoms in total. The molecule has 1 rings (SSSR count). The third-order valence-electron chi connectivity index (χ3n) is 2.26. The van der Waals surface area contributed by atoms with Gasteiger partial charge in [0.15, 0.2) is 0 Å². The van der Waals surface area contributed by atoms with Crippen molar-refractivity contribution >= 4 is 46.0 Å². The van der Waals surface area contributed by atoms with Gasteiger partial charge in [-0.05, 0) is 27.2 Å². The second-order valence-electron chi connectivity index (χ2n) is 5.32. The molecule has 0 heterocycles. The van der Waals surface area contributed by atoms with Crippen molar-refractivity contribution in [3.63, 3.8) is 0 Å². The van der Waals surface area contributed by atoms with Crippen LogP contribution in [0.25, 0.3) is 0 Å². The van der Waals surface area contributed by atoms with Gasteiger partial charge < -0.3 is 4.98 Å². The first-order valence-electron chi connectivity index (χ1n) is 4.97. The molecule has 0 saturated carbocycles. The standard InChI is InChI=1S/C11H21NSi.2Li.2H/c1-11(2,3)12-13(4,5)10-8-6-7-9-10;;;;/h6-8,12H,9H2,1-5H3;;;;. The summed E-state index contributed by atoms with van der Waals surface area (Å²) in [6.45, 7) is 11.5. The zero-order valence-electron chi connectivity index (χ0n) is 9.44. The van der Waals surface area contributed by atoms with Gasteiger partial charge in [0.1, 0.15) is 8.24 Å². The predicted molar refractivity (Wildman–Crippen MR) is 76.5 cm³/mol. The molecule has 1 aliphatic carbocycles. The number of hydrogen-bond donors (Lipinski definition) is 1. The maximum atomic E-state index is 3.77. The van der Waals surface area contributed by atoms with Gasteiger partial charge in [-0.15, -0.1) is 0 Å². The Labute approximate surface area is 120 Å². The molecule has 15 heavy (non-hydrogen) atoms. The Bertz CT molecular complexity index is 252. The van der Waals surface area contributed by atoms with Gasteiger partial charge >= 0.3 is 37.7 Å². The summed E-state index contributed by atoms with van der Waals surface area (Å²) in [5.41, 5.74) is 0.235. The van der Waals surface area contributed by atoms with Crippen LogP contribution in [0.4, 0.5) is 0 Å². The van der Waals surface area contributed by atoms with E-state index in [-0.39, 0.29) is 43.3 Å². The second-order valence-corrected chi connectivity index (χ2v) is 9.47. The SMILES string of the molecule is CC(C)(C)N[Si](C)(C)C1=CC=CC1.[LiH].[LiH]. The van der Waals surface area contributed by atoms with E-state index in [1.807, 2.05) is 0 Å². The summed E-state index contributed by atoms with van der Waals surface area (Å²) in [5.74, 6) is 0. The van der Waals surface area contributed by atoms with Crippen LogP contribution in [0.5, 0.6) is 0 Å². The van der Waals surface area contributed by atoms with E-state index >= 15 is 0 Å². The number of allylic oxidation sites excluding steroid dienone is 4. The molecule has 1 N–H and O–H groups in total. The number of rotatable bonds is 2. The third-order valence-corrected chi connectivity index (χ3v) is 5.61. The quantitative estimate of drug-likeness (QED) is 0.686. The van der Waals surface area contributed by atoms with Gasteiger partial charge in [-0.3, -0.25) is 0 Å². The first kappa shape index (κ1) is 18.2. The van der Waals surface area contributed by atoms with Crippen LogP contribution in [-0.4, -0.2) is 51.5 Å². The number of hydrogen-bond acceptors (Lipinski definition) is 1. The van der Waals surface area contributed by atoms with Crippen LogP contribution < -0.4 is 4.98 Å². The van der Waals surface area contributed by atoms with E-state index in [1.165, 1.54) is 0 Å². The van der Waals surface area contributed by atoms with Crippen LogP contribution in [-0.2, 0) is 0 Å². The average molecular weight is 211 g/mol. The van der Waals surface area contributed by atoms with E-state index in [9.17, 15) is 0 Å². The molecule has 0 unspecified atom stereocenters. The van der Waals surface area contributed by atoms with Gasteiger partial charge in [0.25, 0.3) is 0 Å². The summed E-state index contributed by atoms with van der Waals surface area (Å²) in [6, 6.07) is 0. The summed E-state index contributed by atoms with van der Waals surface area (Å²) in [7, 11) is -1.36. The Hall–Kier alpha value is 0.852. The Morgan fingerprint density at radius 1 is 1.20 bits per heavy atom. The molecular formula is C11H23Li2NSi. The predicted octanol–water partition coefficient (Wildman–Crippen LogP) is 1.71. The average Bonchev–Trinajstić information content (AvgIpc) is 2.29. The molecule has 0 saturated heterocycles. The summed E-state index contributed by atoms with van der Waals surface area (Å²) in [5, 5.41) is 1.61. The van der Waals surface area contributed by atoms with Crippen molar-refractivity contribution in [3.8, 4) is 0 Å². The van der Waals surface area contributed by atoms with Gasteiger partial charge in [-0.1, -0.05) is 36.5 Å². The van der Waals surface area contributed by atoms with E-state index in [0.29, 0.717) is 0 Å².